The second-order valence-electron chi connectivity index (χ2n) is 10.8. The van der Waals surface area contributed by atoms with E-state index in [1.165, 1.54) is 25.9 Å². The van der Waals surface area contributed by atoms with Crippen LogP contribution in [0.2, 0.25) is 0 Å². The Bertz CT molecular complexity index is 1590. The average Bonchev–Trinajstić information content (AvgIpc) is 3.57. The smallest absolute Gasteiger partial charge is 0.181 e. The molecular formula is C29H33N9O. The number of rotatable bonds is 5. The van der Waals surface area contributed by atoms with Crippen molar-refractivity contribution in [2.75, 3.05) is 44.3 Å². The largest absolute Gasteiger partial charge is 0.383 e. The van der Waals surface area contributed by atoms with E-state index in [1.54, 1.807) is 6.33 Å². The van der Waals surface area contributed by atoms with Gasteiger partial charge < -0.3 is 20.5 Å². The molecule has 0 bridgehead atoms. The summed E-state index contributed by atoms with van der Waals surface area (Å²) in [4.78, 5) is 14.0. The molecule has 3 N–H and O–H groups in total. The summed E-state index contributed by atoms with van der Waals surface area (Å²) in [5.74, 6) is 1.15. The van der Waals surface area contributed by atoms with Gasteiger partial charge in [-0.2, -0.15) is 5.10 Å². The Labute approximate surface area is 226 Å². The van der Waals surface area contributed by atoms with Crippen molar-refractivity contribution in [3.63, 3.8) is 0 Å². The molecule has 3 aromatic heterocycles. The maximum Gasteiger partial charge on any atom is 0.181 e. The van der Waals surface area contributed by atoms with Crippen molar-refractivity contribution in [2.45, 2.75) is 37.8 Å². The van der Waals surface area contributed by atoms with E-state index in [1.807, 2.05) is 48.5 Å². The van der Waals surface area contributed by atoms with Crippen molar-refractivity contribution in [1.82, 2.24) is 34.7 Å². The van der Waals surface area contributed by atoms with Crippen LogP contribution in [0.5, 0.6) is 0 Å². The fraction of sp³-hybridized carbons (Fsp3) is 0.379. The van der Waals surface area contributed by atoms with Crippen molar-refractivity contribution >= 4 is 39.3 Å². The number of piperazine rings is 1. The zero-order valence-electron chi connectivity index (χ0n) is 22.1. The minimum atomic E-state index is 0.306. The fourth-order valence-corrected chi connectivity index (χ4v) is 6.13. The van der Waals surface area contributed by atoms with Crippen LogP contribution in [-0.4, -0.2) is 74.0 Å². The van der Waals surface area contributed by atoms with E-state index < -0.39 is 0 Å². The topological polar surface area (TPSA) is 114 Å². The van der Waals surface area contributed by atoms with Crippen molar-refractivity contribution in [1.29, 1.82) is 0 Å². The van der Waals surface area contributed by atoms with Gasteiger partial charge in [-0.15, -0.1) is 0 Å². The van der Waals surface area contributed by atoms with Gasteiger partial charge in [0.1, 0.15) is 17.8 Å². The molecule has 0 amide bonds. The van der Waals surface area contributed by atoms with Gasteiger partial charge in [-0.3, -0.25) is 4.90 Å². The monoisotopic (exact) mass is 523 g/mol. The van der Waals surface area contributed by atoms with Crippen LogP contribution in [0.25, 0.3) is 33.3 Å². The molecule has 0 radical (unpaired) electrons. The van der Waals surface area contributed by atoms with Crippen LogP contribution in [0.3, 0.4) is 0 Å². The Balaban J connectivity index is 1.13. The van der Waals surface area contributed by atoms with Gasteiger partial charge in [-0.25, -0.2) is 14.6 Å². The van der Waals surface area contributed by atoms with Gasteiger partial charge >= 0.3 is 0 Å². The summed E-state index contributed by atoms with van der Waals surface area (Å²) in [5, 5.41) is 14.4. The maximum absolute atomic E-state index is 6.39. The molecule has 7 rings (SSSR count). The molecule has 10 heteroatoms. The van der Waals surface area contributed by atoms with Crippen LogP contribution in [0.4, 0.5) is 17.3 Å². The van der Waals surface area contributed by atoms with Gasteiger partial charge in [0.2, 0.25) is 0 Å². The van der Waals surface area contributed by atoms with E-state index in [4.69, 9.17) is 15.4 Å². The zero-order chi connectivity index (χ0) is 26.3. The summed E-state index contributed by atoms with van der Waals surface area (Å²) >= 11 is 0. The summed E-state index contributed by atoms with van der Waals surface area (Å²) in [6, 6.07) is 16.9. The molecule has 10 nitrogen and oxygen atoms in total. The molecule has 2 fully saturated rings. The molecule has 1 saturated heterocycles. The van der Waals surface area contributed by atoms with E-state index >= 15 is 0 Å². The van der Waals surface area contributed by atoms with Crippen LogP contribution in [0.1, 0.15) is 31.7 Å². The molecule has 0 spiro atoms. The number of anilines is 3. The first kappa shape index (κ1) is 24.1. The summed E-state index contributed by atoms with van der Waals surface area (Å²) < 4.78 is 7.53. The maximum atomic E-state index is 6.39. The lowest BCUT2D eigenvalue weighted by Crippen LogP contribution is -2.49. The molecule has 1 saturated carbocycles. The summed E-state index contributed by atoms with van der Waals surface area (Å²) in [5.41, 5.74) is 10.7. The second-order valence-corrected chi connectivity index (χ2v) is 10.8. The first-order chi connectivity index (χ1) is 19.1. The Morgan fingerprint density at radius 3 is 2.44 bits per heavy atom. The Morgan fingerprint density at radius 2 is 1.64 bits per heavy atom. The van der Waals surface area contributed by atoms with Crippen molar-refractivity contribution < 1.29 is 4.52 Å². The first-order valence-corrected chi connectivity index (χ1v) is 13.8. The lowest BCUT2D eigenvalue weighted by Gasteiger charge is -2.41. The highest BCUT2D eigenvalue weighted by molar-refractivity contribution is 5.98. The summed E-state index contributed by atoms with van der Waals surface area (Å²) in [7, 11) is 2.21. The minimum Gasteiger partial charge on any atom is -0.383 e. The van der Waals surface area contributed by atoms with Gasteiger partial charge in [-0.05, 0) is 57.0 Å². The lowest BCUT2D eigenvalue weighted by molar-refractivity contribution is 0.0815. The molecular weight excluding hydrogens is 490 g/mol. The predicted molar refractivity (Wildman–Crippen MR) is 153 cm³/mol. The Morgan fingerprint density at radius 1 is 0.897 bits per heavy atom. The predicted octanol–water partition coefficient (Wildman–Crippen LogP) is 4.69. The van der Waals surface area contributed by atoms with Crippen LogP contribution in [0, 0.1) is 0 Å². The number of nitrogens with two attached hydrogens (primary N) is 1. The number of para-hydroxylation sites is 1. The fourth-order valence-electron chi connectivity index (χ4n) is 6.13. The molecule has 2 aliphatic rings. The number of nitrogens with one attached hydrogen (secondary N) is 1. The van der Waals surface area contributed by atoms with Crippen LogP contribution in [-0.2, 0) is 0 Å². The van der Waals surface area contributed by atoms with Crippen molar-refractivity contribution in [3.05, 3.63) is 54.9 Å². The second kappa shape index (κ2) is 9.94. The minimum absolute atomic E-state index is 0.306. The number of hydrogen-bond donors (Lipinski definition) is 2. The third-order valence-corrected chi connectivity index (χ3v) is 8.38. The molecule has 0 atom stereocenters. The molecule has 1 aliphatic carbocycles. The van der Waals surface area contributed by atoms with Crippen molar-refractivity contribution in [3.8, 4) is 11.3 Å². The Kier molecular flexibility index (Phi) is 6.13. The highest BCUT2D eigenvalue weighted by atomic mass is 16.5. The molecule has 1 aliphatic heterocycles. The quantitative estimate of drug-likeness (QED) is 0.338. The Hall–Kier alpha value is -4.02. The highest BCUT2D eigenvalue weighted by Crippen LogP contribution is 2.37. The van der Waals surface area contributed by atoms with E-state index in [0.29, 0.717) is 23.7 Å². The van der Waals surface area contributed by atoms with E-state index in [-0.39, 0.29) is 0 Å². The summed E-state index contributed by atoms with van der Waals surface area (Å²) in [6.45, 7) is 4.66. The number of nitrogen functional groups attached to an aromatic ring is 1. The lowest BCUT2D eigenvalue weighted by atomic mass is 9.90. The van der Waals surface area contributed by atoms with E-state index in [2.05, 4.69) is 42.0 Å². The number of benzene rings is 2. The molecule has 5 aromatic rings. The SMILES string of the molecule is CN1CCN([C@H]2CC[C@@H](n3nc(-c4ccc(Nc5noc6ccccc56)cc4)c4c(N)ncnc43)CC2)CC1. The van der Waals surface area contributed by atoms with E-state index in [9.17, 15) is 0 Å². The van der Waals surface area contributed by atoms with E-state index in [0.717, 1.165) is 64.9 Å². The van der Waals surface area contributed by atoms with Crippen LogP contribution in [0.15, 0.2) is 59.4 Å². The molecule has 2 aromatic carbocycles. The molecule has 0 unspecified atom stereocenters. The van der Waals surface area contributed by atoms with Crippen molar-refractivity contribution in [2.24, 2.45) is 0 Å². The highest BCUT2D eigenvalue weighted by Gasteiger charge is 2.30. The number of aromatic nitrogens is 5. The average molecular weight is 524 g/mol. The number of nitrogens with zero attached hydrogens (tertiary/aromatic N) is 7. The normalized spacial score (nSPS) is 21.1. The molecule has 4 heterocycles. The van der Waals surface area contributed by atoms with Gasteiger partial charge in [0.25, 0.3) is 0 Å². The number of likely N-dealkylation sites (N-methyl/N-ethyl adjacent to an activating group) is 1. The third kappa shape index (κ3) is 4.49. The first-order valence-electron chi connectivity index (χ1n) is 13.8. The standard InChI is InChI=1S/C29H33N9O/c1-36-14-16-37(17-15-36)21-10-12-22(13-11-21)38-29-25(27(30)31-18-32-29)26(34-38)19-6-8-20(9-7-19)33-28-23-4-2-3-5-24(23)39-35-28/h2-9,18,21-22H,10-17H2,1H3,(H,33,35)(H2,30,31,32)/t21-,22+. The zero-order valence-corrected chi connectivity index (χ0v) is 22.1. The van der Waals surface area contributed by atoms with Gasteiger partial charge in [0, 0.05) is 43.5 Å². The van der Waals surface area contributed by atoms with Gasteiger partial charge in [-0.1, -0.05) is 29.4 Å². The molecule has 200 valence electrons. The number of fused-ring (bicyclic) bond motifs is 2. The third-order valence-electron chi connectivity index (χ3n) is 8.38. The molecule has 39 heavy (non-hydrogen) atoms. The van der Waals surface area contributed by atoms with Gasteiger partial charge in [0.15, 0.2) is 17.0 Å². The summed E-state index contributed by atoms with van der Waals surface area (Å²) in [6.07, 6.45) is 6.09. The van der Waals surface area contributed by atoms with Gasteiger partial charge in [0.05, 0.1) is 16.8 Å². The number of hydrogen-bond acceptors (Lipinski definition) is 9. The van der Waals surface area contributed by atoms with Crippen LogP contribution >= 0.6 is 0 Å². The van der Waals surface area contributed by atoms with Crippen LogP contribution < -0.4 is 11.1 Å².